The Hall–Kier alpha value is -3.71. The maximum Gasteiger partial charge on any atom is 0.256 e. The number of piperidine rings is 1. The molecule has 7 heteroatoms. The molecule has 2 aromatic heterocycles. The Morgan fingerprint density at radius 2 is 1.84 bits per heavy atom. The Balaban J connectivity index is 1.29. The third kappa shape index (κ3) is 4.27. The summed E-state index contributed by atoms with van der Waals surface area (Å²) in [5.41, 5.74) is 7.40. The van der Waals surface area contributed by atoms with E-state index in [1.807, 2.05) is 61.4 Å². The van der Waals surface area contributed by atoms with Crippen LogP contribution in [0.1, 0.15) is 58.6 Å². The summed E-state index contributed by atoms with van der Waals surface area (Å²) >= 11 is 0. The van der Waals surface area contributed by atoms with E-state index in [0.29, 0.717) is 11.6 Å². The van der Waals surface area contributed by atoms with E-state index in [1.54, 1.807) is 6.20 Å². The Labute approximate surface area is 217 Å². The van der Waals surface area contributed by atoms with E-state index in [4.69, 9.17) is 0 Å². The Morgan fingerprint density at radius 3 is 2.57 bits per heavy atom. The molecule has 2 N–H and O–H groups in total. The minimum Gasteiger partial charge on any atom is -0.358 e. The summed E-state index contributed by atoms with van der Waals surface area (Å²) in [4.78, 5) is 38.9. The highest BCUT2D eigenvalue weighted by molar-refractivity contribution is 6.36. The van der Waals surface area contributed by atoms with Crippen LogP contribution < -0.4 is 5.32 Å². The van der Waals surface area contributed by atoms with E-state index in [-0.39, 0.29) is 11.8 Å². The minimum absolute atomic E-state index is 0.0862. The number of H-pyrrole nitrogens is 1. The molecule has 190 valence electrons. The van der Waals surface area contributed by atoms with Crippen molar-refractivity contribution in [2.24, 2.45) is 0 Å². The summed E-state index contributed by atoms with van der Waals surface area (Å²) in [6.45, 7) is 7.91. The maximum atomic E-state index is 13.6. The summed E-state index contributed by atoms with van der Waals surface area (Å²) < 4.78 is 0. The van der Waals surface area contributed by atoms with Crippen LogP contribution in [0.2, 0.25) is 0 Å². The zero-order valence-corrected chi connectivity index (χ0v) is 21.5. The number of pyridine rings is 1. The zero-order valence-electron chi connectivity index (χ0n) is 21.5. The molecule has 2 saturated heterocycles. The second-order valence-electron chi connectivity index (χ2n) is 10.4. The second kappa shape index (κ2) is 9.63. The van der Waals surface area contributed by atoms with Crippen LogP contribution in [0.25, 0.3) is 22.8 Å². The number of rotatable bonds is 4. The van der Waals surface area contributed by atoms with Gasteiger partial charge in [-0.2, -0.15) is 0 Å². The van der Waals surface area contributed by atoms with Crippen molar-refractivity contribution >= 4 is 29.2 Å². The van der Waals surface area contributed by atoms with Crippen LogP contribution in [0.3, 0.4) is 0 Å². The van der Waals surface area contributed by atoms with Gasteiger partial charge in [-0.1, -0.05) is 18.2 Å². The molecule has 3 aliphatic heterocycles. The molecule has 0 aliphatic carbocycles. The molecule has 3 aliphatic rings. The highest BCUT2D eigenvalue weighted by Crippen LogP contribution is 2.40. The molecule has 0 saturated carbocycles. The molecule has 0 unspecified atom stereocenters. The fourth-order valence-electron chi connectivity index (χ4n) is 6.23. The Kier molecular flexibility index (Phi) is 6.16. The number of aryl methyl sites for hydroxylation is 1. The average Bonchev–Trinajstić information content (AvgIpc) is 3.63. The van der Waals surface area contributed by atoms with Crippen molar-refractivity contribution in [2.75, 3.05) is 31.5 Å². The number of amides is 2. The maximum absolute atomic E-state index is 13.6. The van der Waals surface area contributed by atoms with E-state index in [9.17, 15) is 9.59 Å². The molecule has 1 aromatic carbocycles. The molecule has 0 bridgehead atoms. The van der Waals surface area contributed by atoms with Crippen LogP contribution >= 0.6 is 0 Å². The SMILES string of the molecule is Cc1[nH]c(/C=C2\C(=O)Nc3cccc(-c4cccnc4)c32)c(C)c1C(=O)N1CCC(N2CCCC2)CC1. The van der Waals surface area contributed by atoms with Gasteiger partial charge in [-0.15, -0.1) is 0 Å². The lowest BCUT2D eigenvalue weighted by Gasteiger charge is -2.36. The number of nitrogens with zero attached hydrogens (tertiary/aromatic N) is 3. The predicted octanol–water partition coefficient (Wildman–Crippen LogP) is 4.89. The summed E-state index contributed by atoms with van der Waals surface area (Å²) in [7, 11) is 0. The number of benzene rings is 1. The van der Waals surface area contributed by atoms with Crippen molar-refractivity contribution in [1.82, 2.24) is 19.8 Å². The summed E-state index contributed by atoms with van der Waals surface area (Å²) in [6.07, 6.45) is 10.1. The highest BCUT2D eigenvalue weighted by Gasteiger charge is 2.32. The lowest BCUT2D eigenvalue weighted by atomic mass is 9.95. The quantitative estimate of drug-likeness (QED) is 0.505. The van der Waals surface area contributed by atoms with Crippen LogP contribution in [0.4, 0.5) is 5.69 Å². The molecular weight excluding hydrogens is 462 g/mol. The Bertz CT molecular complexity index is 1380. The molecule has 7 nitrogen and oxygen atoms in total. The van der Waals surface area contributed by atoms with E-state index >= 15 is 0 Å². The first-order chi connectivity index (χ1) is 18.0. The van der Waals surface area contributed by atoms with Crippen molar-refractivity contribution in [3.63, 3.8) is 0 Å². The molecule has 3 aromatic rings. The number of carbonyl (C=O) groups excluding carboxylic acids is 2. The van der Waals surface area contributed by atoms with Gasteiger partial charge in [0.25, 0.3) is 11.8 Å². The number of nitrogens with one attached hydrogen (secondary N) is 2. The molecule has 6 rings (SSSR count). The number of aromatic amines is 1. The van der Waals surface area contributed by atoms with Crippen LogP contribution in [0.5, 0.6) is 0 Å². The zero-order chi connectivity index (χ0) is 25.5. The standard InChI is InChI=1S/C30H33N5O2/c1-19-26(17-24-28-23(21-7-6-12-31-18-21)8-5-9-25(28)33-29(24)36)32-20(2)27(19)30(37)35-15-10-22(11-16-35)34-13-3-4-14-34/h5-9,12,17-18,22,32H,3-4,10-11,13-16H2,1-2H3,(H,33,36)/b24-17-. The third-order valence-electron chi connectivity index (χ3n) is 8.19. The monoisotopic (exact) mass is 495 g/mol. The van der Waals surface area contributed by atoms with Gasteiger partial charge >= 0.3 is 0 Å². The van der Waals surface area contributed by atoms with Gasteiger partial charge in [-0.3, -0.25) is 14.6 Å². The highest BCUT2D eigenvalue weighted by atomic mass is 16.2. The van der Waals surface area contributed by atoms with Crippen molar-refractivity contribution in [3.05, 3.63) is 70.8 Å². The Morgan fingerprint density at radius 1 is 1.05 bits per heavy atom. The van der Waals surface area contributed by atoms with Crippen LogP contribution in [-0.4, -0.2) is 63.8 Å². The van der Waals surface area contributed by atoms with Gasteiger partial charge in [0, 0.05) is 59.7 Å². The van der Waals surface area contributed by atoms with Gasteiger partial charge in [0.1, 0.15) is 0 Å². The molecule has 5 heterocycles. The fourth-order valence-corrected chi connectivity index (χ4v) is 6.23. The van der Waals surface area contributed by atoms with Crippen molar-refractivity contribution in [1.29, 1.82) is 0 Å². The summed E-state index contributed by atoms with van der Waals surface area (Å²) in [6, 6.07) is 10.4. The van der Waals surface area contributed by atoms with E-state index in [0.717, 1.165) is 70.8 Å². The van der Waals surface area contributed by atoms with Crippen LogP contribution in [0.15, 0.2) is 42.7 Å². The summed E-state index contributed by atoms with van der Waals surface area (Å²) in [5, 5.41) is 3.00. The average molecular weight is 496 g/mol. The van der Waals surface area contributed by atoms with Crippen molar-refractivity contribution in [3.8, 4) is 11.1 Å². The molecule has 0 atom stereocenters. The van der Waals surface area contributed by atoms with E-state index < -0.39 is 0 Å². The largest absolute Gasteiger partial charge is 0.358 e. The van der Waals surface area contributed by atoms with Gasteiger partial charge in [-0.25, -0.2) is 0 Å². The molecule has 0 spiro atoms. The number of likely N-dealkylation sites (tertiary alicyclic amines) is 2. The topological polar surface area (TPSA) is 81.3 Å². The molecule has 0 radical (unpaired) electrons. The second-order valence-corrected chi connectivity index (χ2v) is 10.4. The van der Waals surface area contributed by atoms with Gasteiger partial charge in [0.2, 0.25) is 0 Å². The number of hydrogen-bond acceptors (Lipinski definition) is 4. The van der Waals surface area contributed by atoms with Gasteiger partial charge in [0.15, 0.2) is 0 Å². The number of hydrogen-bond donors (Lipinski definition) is 2. The van der Waals surface area contributed by atoms with E-state index in [1.165, 1.54) is 25.9 Å². The lowest BCUT2D eigenvalue weighted by Crippen LogP contribution is -2.46. The molecule has 2 amide bonds. The number of aromatic nitrogens is 2. The third-order valence-corrected chi connectivity index (χ3v) is 8.19. The van der Waals surface area contributed by atoms with E-state index in [2.05, 4.69) is 20.2 Å². The first kappa shape index (κ1) is 23.7. The van der Waals surface area contributed by atoms with Crippen LogP contribution in [0, 0.1) is 13.8 Å². The molecule has 37 heavy (non-hydrogen) atoms. The van der Waals surface area contributed by atoms with Gasteiger partial charge in [0.05, 0.1) is 11.1 Å². The number of carbonyl (C=O) groups is 2. The number of fused-ring (bicyclic) bond motifs is 1. The van der Waals surface area contributed by atoms with Gasteiger partial charge < -0.3 is 20.1 Å². The predicted molar refractivity (Wildman–Crippen MR) is 146 cm³/mol. The summed E-state index contributed by atoms with van der Waals surface area (Å²) in [5.74, 6) is -0.0575. The normalized spacial score (nSPS) is 19.5. The van der Waals surface area contributed by atoms with Crippen LogP contribution in [-0.2, 0) is 4.79 Å². The molecular formula is C30H33N5O2. The van der Waals surface area contributed by atoms with Crippen molar-refractivity contribution < 1.29 is 9.59 Å². The first-order valence-electron chi connectivity index (χ1n) is 13.3. The van der Waals surface area contributed by atoms with Crippen molar-refractivity contribution in [2.45, 2.75) is 45.6 Å². The van der Waals surface area contributed by atoms with Gasteiger partial charge in [-0.05, 0) is 82.0 Å². The first-order valence-corrected chi connectivity index (χ1v) is 13.3. The smallest absolute Gasteiger partial charge is 0.256 e. The molecule has 2 fully saturated rings. The lowest BCUT2D eigenvalue weighted by molar-refractivity contribution is -0.110. The minimum atomic E-state index is -0.144. The number of anilines is 1. The fraction of sp³-hybridized carbons (Fsp3) is 0.367.